The van der Waals surface area contributed by atoms with Gasteiger partial charge in [0, 0.05) is 17.5 Å². The van der Waals surface area contributed by atoms with Crippen LogP contribution in [0.5, 0.6) is 0 Å². The van der Waals surface area contributed by atoms with Crippen LogP contribution in [0, 0.1) is 19.8 Å². The van der Waals surface area contributed by atoms with E-state index in [1.165, 1.54) is 41.3 Å². The number of piperidine rings is 1. The molecule has 0 aromatic carbocycles. The molecule has 2 fully saturated rings. The Kier molecular flexibility index (Phi) is 3.67. The number of rotatable bonds is 4. The van der Waals surface area contributed by atoms with Crippen LogP contribution in [0.4, 0.5) is 0 Å². The number of aromatic nitrogens is 1. The Morgan fingerprint density at radius 1 is 1.42 bits per heavy atom. The van der Waals surface area contributed by atoms with Crippen LogP contribution in [0.3, 0.4) is 0 Å². The van der Waals surface area contributed by atoms with Crippen LogP contribution < -0.4 is 10.6 Å². The highest BCUT2D eigenvalue weighted by molar-refractivity contribution is 7.11. The lowest BCUT2D eigenvalue weighted by Gasteiger charge is -2.44. The van der Waals surface area contributed by atoms with Crippen molar-refractivity contribution in [2.75, 3.05) is 13.1 Å². The molecular formula is C15H25N3S. The molecule has 1 aliphatic carbocycles. The molecule has 1 aromatic rings. The summed E-state index contributed by atoms with van der Waals surface area (Å²) >= 11 is 1.91. The fourth-order valence-electron chi connectivity index (χ4n) is 3.22. The van der Waals surface area contributed by atoms with Gasteiger partial charge >= 0.3 is 0 Å². The third-order valence-electron chi connectivity index (χ3n) is 4.73. The van der Waals surface area contributed by atoms with Gasteiger partial charge in [0.25, 0.3) is 0 Å². The smallest absolute Gasteiger partial charge is 0.114 e. The second kappa shape index (κ2) is 5.15. The van der Waals surface area contributed by atoms with E-state index in [1.54, 1.807) is 0 Å². The predicted octanol–water partition coefficient (Wildman–Crippen LogP) is 2.73. The van der Waals surface area contributed by atoms with Gasteiger partial charge in [-0.15, -0.1) is 11.3 Å². The molecule has 19 heavy (non-hydrogen) atoms. The number of aryl methyl sites for hydroxylation is 2. The Morgan fingerprint density at radius 2 is 2.21 bits per heavy atom. The molecule has 0 radical (unpaired) electrons. The zero-order valence-electron chi connectivity index (χ0n) is 12.3. The highest BCUT2D eigenvalue weighted by atomic mass is 32.1. The van der Waals surface area contributed by atoms with E-state index in [2.05, 4.69) is 31.4 Å². The van der Waals surface area contributed by atoms with Gasteiger partial charge in [-0.1, -0.05) is 6.92 Å². The monoisotopic (exact) mass is 279 g/mol. The van der Waals surface area contributed by atoms with Crippen molar-refractivity contribution in [3.05, 3.63) is 15.6 Å². The summed E-state index contributed by atoms with van der Waals surface area (Å²) in [6.07, 6.45) is 5.07. The summed E-state index contributed by atoms with van der Waals surface area (Å²) in [5.74, 6) is 0.659. The van der Waals surface area contributed by atoms with Crippen LogP contribution in [0.25, 0.3) is 0 Å². The molecule has 2 aliphatic rings. The highest BCUT2D eigenvalue weighted by Crippen LogP contribution is 2.42. The standard InChI is InChI=1S/C15H25N3S/c1-4-12-9-16-8-7-15(12,18-13-5-6-13)14-17-10(2)11(3)19-14/h12-13,16,18H,4-9H2,1-3H3. The molecule has 1 saturated carbocycles. The third kappa shape index (κ3) is 2.46. The molecule has 2 N–H and O–H groups in total. The molecule has 3 rings (SSSR count). The van der Waals surface area contributed by atoms with Gasteiger partial charge in [-0.05, 0) is 52.0 Å². The van der Waals surface area contributed by atoms with Crippen molar-refractivity contribution >= 4 is 11.3 Å². The van der Waals surface area contributed by atoms with Crippen molar-refractivity contribution in [2.24, 2.45) is 5.92 Å². The Hall–Kier alpha value is -0.450. The maximum absolute atomic E-state index is 4.91. The Bertz CT molecular complexity index is 433. The second-order valence-corrected chi connectivity index (χ2v) is 7.31. The van der Waals surface area contributed by atoms with Crippen molar-refractivity contribution in [3.8, 4) is 0 Å². The van der Waals surface area contributed by atoms with Crippen molar-refractivity contribution in [1.82, 2.24) is 15.6 Å². The minimum atomic E-state index is 0.130. The van der Waals surface area contributed by atoms with Crippen LogP contribution in [-0.2, 0) is 5.54 Å². The number of hydrogen-bond acceptors (Lipinski definition) is 4. The van der Waals surface area contributed by atoms with E-state index in [9.17, 15) is 0 Å². The van der Waals surface area contributed by atoms with Gasteiger partial charge in [0.2, 0.25) is 0 Å². The van der Waals surface area contributed by atoms with Gasteiger partial charge in [0.15, 0.2) is 0 Å². The Balaban J connectivity index is 1.98. The van der Waals surface area contributed by atoms with Crippen LogP contribution >= 0.6 is 11.3 Å². The molecule has 2 unspecified atom stereocenters. The fourth-order valence-corrected chi connectivity index (χ4v) is 4.40. The fraction of sp³-hybridized carbons (Fsp3) is 0.800. The first kappa shape index (κ1) is 13.5. The van der Waals surface area contributed by atoms with Crippen LogP contribution in [-0.4, -0.2) is 24.1 Å². The van der Waals surface area contributed by atoms with E-state index < -0.39 is 0 Å². The molecule has 1 saturated heterocycles. The summed E-state index contributed by atoms with van der Waals surface area (Å²) in [6.45, 7) is 8.88. The quantitative estimate of drug-likeness (QED) is 0.890. The SMILES string of the molecule is CCC1CNCCC1(NC1CC1)c1nc(C)c(C)s1. The Labute approximate surface area is 120 Å². The third-order valence-corrected chi connectivity index (χ3v) is 5.98. The number of nitrogens with zero attached hydrogens (tertiary/aromatic N) is 1. The molecule has 1 aliphatic heterocycles. The molecular weight excluding hydrogens is 254 g/mol. The maximum atomic E-state index is 4.91. The van der Waals surface area contributed by atoms with E-state index in [4.69, 9.17) is 4.98 Å². The summed E-state index contributed by atoms with van der Waals surface area (Å²) < 4.78 is 0. The van der Waals surface area contributed by atoms with E-state index in [0.29, 0.717) is 5.92 Å². The number of hydrogen-bond donors (Lipinski definition) is 2. The summed E-state index contributed by atoms with van der Waals surface area (Å²) in [5, 5.41) is 8.87. The first-order chi connectivity index (χ1) is 9.15. The van der Waals surface area contributed by atoms with Crippen LogP contribution in [0.15, 0.2) is 0 Å². The summed E-state index contributed by atoms with van der Waals surface area (Å²) in [6, 6.07) is 0.733. The van der Waals surface area contributed by atoms with Crippen molar-refractivity contribution in [3.63, 3.8) is 0 Å². The minimum absolute atomic E-state index is 0.130. The van der Waals surface area contributed by atoms with E-state index in [-0.39, 0.29) is 5.54 Å². The van der Waals surface area contributed by atoms with Gasteiger partial charge in [0.05, 0.1) is 11.2 Å². The summed E-state index contributed by atoms with van der Waals surface area (Å²) in [7, 11) is 0. The average Bonchev–Trinajstić information content (AvgIpc) is 3.15. The van der Waals surface area contributed by atoms with Gasteiger partial charge < -0.3 is 10.6 Å². The topological polar surface area (TPSA) is 37.0 Å². The van der Waals surface area contributed by atoms with E-state index in [0.717, 1.165) is 19.1 Å². The molecule has 0 spiro atoms. The zero-order valence-corrected chi connectivity index (χ0v) is 13.1. The molecule has 4 heteroatoms. The van der Waals surface area contributed by atoms with E-state index in [1.807, 2.05) is 11.3 Å². The molecule has 2 atom stereocenters. The largest absolute Gasteiger partial charge is 0.316 e. The predicted molar refractivity (Wildman–Crippen MR) is 80.7 cm³/mol. The maximum Gasteiger partial charge on any atom is 0.114 e. The molecule has 0 amide bonds. The first-order valence-corrected chi connectivity index (χ1v) is 8.40. The summed E-state index contributed by atoms with van der Waals surface area (Å²) in [5.41, 5.74) is 1.34. The summed E-state index contributed by atoms with van der Waals surface area (Å²) in [4.78, 5) is 6.29. The van der Waals surface area contributed by atoms with Crippen molar-refractivity contribution < 1.29 is 0 Å². The molecule has 3 nitrogen and oxygen atoms in total. The molecule has 106 valence electrons. The first-order valence-electron chi connectivity index (χ1n) is 7.58. The van der Waals surface area contributed by atoms with Crippen LogP contribution in [0.2, 0.25) is 0 Å². The lowest BCUT2D eigenvalue weighted by Crippen LogP contribution is -2.57. The average molecular weight is 279 g/mol. The highest BCUT2D eigenvalue weighted by Gasteiger charge is 2.46. The van der Waals surface area contributed by atoms with Gasteiger partial charge in [-0.25, -0.2) is 4.98 Å². The lowest BCUT2D eigenvalue weighted by atomic mass is 9.77. The van der Waals surface area contributed by atoms with Crippen molar-refractivity contribution in [1.29, 1.82) is 0 Å². The zero-order chi connectivity index (χ0) is 13.5. The molecule has 0 bridgehead atoms. The lowest BCUT2D eigenvalue weighted by molar-refractivity contribution is 0.146. The Morgan fingerprint density at radius 3 is 2.79 bits per heavy atom. The van der Waals surface area contributed by atoms with Gasteiger partial charge in [-0.2, -0.15) is 0 Å². The van der Waals surface area contributed by atoms with Crippen LogP contribution in [0.1, 0.15) is 48.2 Å². The normalized spacial score (nSPS) is 31.6. The second-order valence-electron chi connectivity index (χ2n) is 6.11. The van der Waals surface area contributed by atoms with E-state index >= 15 is 0 Å². The van der Waals surface area contributed by atoms with Gasteiger partial charge in [-0.3, -0.25) is 0 Å². The number of nitrogens with one attached hydrogen (secondary N) is 2. The molecule has 2 heterocycles. The van der Waals surface area contributed by atoms with Crippen molar-refractivity contribution in [2.45, 2.75) is 58.0 Å². The van der Waals surface area contributed by atoms with Gasteiger partial charge in [0.1, 0.15) is 5.01 Å². The minimum Gasteiger partial charge on any atom is -0.316 e. The number of thiazole rings is 1. The molecule has 1 aromatic heterocycles.